The van der Waals surface area contributed by atoms with Gasteiger partial charge in [0.1, 0.15) is 0 Å². The molecule has 11 atom stereocenters. The zero-order chi connectivity index (χ0) is 22.4. The third-order valence-corrected chi connectivity index (χ3v) is 13.1. The van der Waals surface area contributed by atoms with E-state index in [1.54, 1.807) is 0 Å². The predicted octanol–water partition coefficient (Wildman–Crippen LogP) is 6.61. The van der Waals surface area contributed by atoms with Gasteiger partial charge in [-0.3, -0.25) is 0 Å². The van der Waals surface area contributed by atoms with Crippen molar-refractivity contribution >= 4 is 0 Å². The van der Waals surface area contributed by atoms with Gasteiger partial charge >= 0.3 is 0 Å². The molecule has 0 radical (unpaired) electrons. The van der Waals surface area contributed by atoms with Crippen LogP contribution in [-0.2, 0) is 0 Å². The zero-order valence-corrected chi connectivity index (χ0v) is 20.9. The average molecular weight is 429 g/mol. The minimum absolute atomic E-state index is 0.0935. The summed E-state index contributed by atoms with van der Waals surface area (Å²) in [6, 6.07) is 0. The molecule has 0 heterocycles. The standard InChI is InChI=1S/C29H48O2/c1-18(2)20-9-14-29(17-30)16-15-27(5)22(25(20)29)7-8-24-26(4)12-11-23(31)19(3)21(26)10-13-28(24,27)6/h19-25,30-31H,1,7-17H2,2-6H3/t19-,20+,21?,22?,23?,24?,25?,26+,27-,28-,29-/m1/s1. The van der Waals surface area contributed by atoms with Gasteiger partial charge in [0.05, 0.1) is 6.10 Å². The van der Waals surface area contributed by atoms with E-state index in [1.807, 2.05) is 0 Å². The van der Waals surface area contributed by atoms with Gasteiger partial charge in [-0.15, -0.1) is 0 Å². The molecule has 31 heavy (non-hydrogen) atoms. The van der Waals surface area contributed by atoms with E-state index >= 15 is 0 Å². The van der Waals surface area contributed by atoms with Gasteiger partial charge in [0.15, 0.2) is 0 Å². The first kappa shape index (κ1) is 22.5. The Morgan fingerprint density at radius 1 is 0.871 bits per heavy atom. The largest absolute Gasteiger partial charge is 0.396 e. The number of allylic oxidation sites excluding steroid dienone is 1. The lowest BCUT2D eigenvalue weighted by Crippen LogP contribution is -2.65. The molecule has 5 unspecified atom stereocenters. The van der Waals surface area contributed by atoms with Crippen molar-refractivity contribution in [3.63, 3.8) is 0 Å². The van der Waals surface area contributed by atoms with E-state index in [9.17, 15) is 10.2 Å². The van der Waals surface area contributed by atoms with E-state index in [-0.39, 0.29) is 11.5 Å². The molecular formula is C29H48O2. The summed E-state index contributed by atoms with van der Waals surface area (Å²) in [6.07, 6.45) is 12.4. The lowest BCUT2D eigenvalue weighted by Gasteiger charge is -2.72. The SMILES string of the molecule is C=C(C)[C@@H]1CC[C@]2(CO)CC[C@]3(C)C(CCC4[C@@]5(C)CCC(O)[C@H](C)C5CC[C@]43C)C12. The van der Waals surface area contributed by atoms with Gasteiger partial charge in [0, 0.05) is 6.61 Å². The van der Waals surface area contributed by atoms with E-state index in [2.05, 4.69) is 41.2 Å². The Morgan fingerprint density at radius 2 is 1.61 bits per heavy atom. The van der Waals surface area contributed by atoms with Crippen molar-refractivity contribution in [3.05, 3.63) is 12.2 Å². The molecule has 0 amide bonds. The maximum Gasteiger partial charge on any atom is 0.0568 e. The van der Waals surface area contributed by atoms with Gasteiger partial charge in [-0.05, 0) is 128 Å². The van der Waals surface area contributed by atoms with Gasteiger partial charge in [0.2, 0.25) is 0 Å². The smallest absolute Gasteiger partial charge is 0.0568 e. The summed E-state index contributed by atoms with van der Waals surface area (Å²) in [6.45, 7) is 17.3. The van der Waals surface area contributed by atoms with Crippen molar-refractivity contribution in [1.82, 2.24) is 0 Å². The molecule has 0 saturated heterocycles. The normalized spacial score (nSPS) is 58.6. The lowest BCUT2D eigenvalue weighted by atomic mass is 9.33. The van der Waals surface area contributed by atoms with Crippen LogP contribution < -0.4 is 0 Å². The van der Waals surface area contributed by atoms with Crippen molar-refractivity contribution in [3.8, 4) is 0 Å². The fraction of sp³-hybridized carbons (Fsp3) is 0.931. The summed E-state index contributed by atoms with van der Waals surface area (Å²) in [5.41, 5.74) is 2.65. The average Bonchev–Trinajstić information content (AvgIpc) is 3.12. The minimum atomic E-state index is -0.0935. The molecule has 0 aromatic carbocycles. The molecule has 0 spiro atoms. The van der Waals surface area contributed by atoms with E-state index in [1.165, 1.54) is 63.4 Å². The quantitative estimate of drug-likeness (QED) is 0.486. The van der Waals surface area contributed by atoms with Crippen LogP contribution in [-0.4, -0.2) is 22.9 Å². The molecule has 5 saturated carbocycles. The number of fused-ring (bicyclic) bond motifs is 7. The van der Waals surface area contributed by atoms with Crippen LogP contribution in [0, 0.1) is 57.2 Å². The first-order chi connectivity index (χ1) is 14.5. The molecule has 5 fully saturated rings. The maximum absolute atomic E-state index is 10.6. The van der Waals surface area contributed by atoms with Gasteiger partial charge in [-0.2, -0.15) is 0 Å². The molecule has 0 aromatic rings. The van der Waals surface area contributed by atoms with Gasteiger partial charge in [-0.1, -0.05) is 39.8 Å². The zero-order valence-electron chi connectivity index (χ0n) is 20.9. The molecule has 5 aliphatic rings. The van der Waals surface area contributed by atoms with Crippen molar-refractivity contribution < 1.29 is 10.2 Å². The van der Waals surface area contributed by atoms with E-state index in [0.29, 0.717) is 46.5 Å². The fourth-order valence-electron chi connectivity index (χ4n) is 11.2. The number of hydrogen-bond donors (Lipinski definition) is 2. The van der Waals surface area contributed by atoms with Crippen LogP contribution in [0.3, 0.4) is 0 Å². The third-order valence-electron chi connectivity index (χ3n) is 13.1. The third kappa shape index (κ3) is 2.70. The van der Waals surface area contributed by atoms with E-state index < -0.39 is 0 Å². The molecule has 2 nitrogen and oxygen atoms in total. The van der Waals surface area contributed by atoms with Gasteiger partial charge < -0.3 is 10.2 Å². The van der Waals surface area contributed by atoms with Crippen molar-refractivity contribution in [2.45, 2.75) is 105 Å². The Bertz CT molecular complexity index is 745. The Kier molecular flexibility index (Phi) is 5.13. The van der Waals surface area contributed by atoms with Crippen LogP contribution in [0.4, 0.5) is 0 Å². The van der Waals surface area contributed by atoms with E-state index in [0.717, 1.165) is 18.3 Å². The summed E-state index contributed by atoms with van der Waals surface area (Å²) >= 11 is 0. The summed E-state index contributed by atoms with van der Waals surface area (Å²) in [5, 5.41) is 21.3. The van der Waals surface area contributed by atoms with Crippen LogP contribution in [0.1, 0.15) is 98.8 Å². The van der Waals surface area contributed by atoms with Crippen LogP contribution in [0.5, 0.6) is 0 Å². The van der Waals surface area contributed by atoms with Crippen molar-refractivity contribution in [2.24, 2.45) is 57.2 Å². The van der Waals surface area contributed by atoms with E-state index in [4.69, 9.17) is 0 Å². The predicted molar refractivity (Wildman–Crippen MR) is 127 cm³/mol. The fourth-order valence-corrected chi connectivity index (χ4v) is 11.2. The monoisotopic (exact) mass is 428 g/mol. The second-order valence-corrected chi connectivity index (χ2v) is 13.7. The van der Waals surface area contributed by atoms with Gasteiger partial charge in [0.25, 0.3) is 0 Å². The number of aliphatic hydroxyl groups excluding tert-OH is 2. The molecule has 176 valence electrons. The molecule has 5 aliphatic carbocycles. The second kappa shape index (κ2) is 7.08. The Hall–Kier alpha value is -0.340. The highest BCUT2D eigenvalue weighted by Crippen LogP contribution is 2.76. The second-order valence-electron chi connectivity index (χ2n) is 13.7. The Morgan fingerprint density at radius 3 is 2.29 bits per heavy atom. The van der Waals surface area contributed by atoms with Crippen LogP contribution in [0.15, 0.2) is 12.2 Å². The molecule has 0 aromatic heterocycles. The molecule has 2 N–H and O–H groups in total. The Labute approximate surface area is 191 Å². The summed E-state index contributed by atoms with van der Waals surface area (Å²) in [4.78, 5) is 0. The Balaban J connectivity index is 1.54. The molecule has 0 bridgehead atoms. The van der Waals surface area contributed by atoms with Crippen LogP contribution in [0.2, 0.25) is 0 Å². The summed E-state index contributed by atoms with van der Waals surface area (Å²) in [5.74, 6) is 3.87. The summed E-state index contributed by atoms with van der Waals surface area (Å²) in [7, 11) is 0. The summed E-state index contributed by atoms with van der Waals surface area (Å²) < 4.78 is 0. The maximum atomic E-state index is 10.6. The highest BCUT2D eigenvalue weighted by atomic mass is 16.3. The molecule has 0 aliphatic heterocycles. The van der Waals surface area contributed by atoms with Crippen LogP contribution >= 0.6 is 0 Å². The van der Waals surface area contributed by atoms with Crippen molar-refractivity contribution in [1.29, 1.82) is 0 Å². The highest BCUT2D eigenvalue weighted by molar-refractivity contribution is 5.20. The minimum Gasteiger partial charge on any atom is -0.396 e. The number of aliphatic hydroxyl groups is 2. The van der Waals surface area contributed by atoms with Crippen molar-refractivity contribution in [2.75, 3.05) is 6.61 Å². The number of rotatable bonds is 2. The topological polar surface area (TPSA) is 40.5 Å². The molecular weight excluding hydrogens is 380 g/mol. The molecule has 5 rings (SSSR count). The first-order valence-corrected chi connectivity index (χ1v) is 13.5. The first-order valence-electron chi connectivity index (χ1n) is 13.5. The lowest BCUT2D eigenvalue weighted by molar-refractivity contribution is -0.237. The molecule has 2 heteroatoms. The van der Waals surface area contributed by atoms with Gasteiger partial charge in [-0.25, -0.2) is 0 Å². The van der Waals surface area contributed by atoms with Crippen LogP contribution in [0.25, 0.3) is 0 Å². The highest BCUT2D eigenvalue weighted by Gasteiger charge is 2.69. The number of hydrogen-bond acceptors (Lipinski definition) is 2.